The highest BCUT2D eigenvalue weighted by atomic mass is 32.1. The summed E-state index contributed by atoms with van der Waals surface area (Å²) >= 11 is 1.96. The van der Waals surface area contributed by atoms with Gasteiger partial charge < -0.3 is 4.90 Å². The Bertz CT molecular complexity index is 1220. The molecule has 0 unspecified atom stereocenters. The van der Waals surface area contributed by atoms with Gasteiger partial charge in [-0.25, -0.2) is 0 Å². The molecule has 0 N–H and O–H groups in total. The summed E-state index contributed by atoms with van der Waals surface area (Å²) in [5.74, 6) is 0.696. The van der Waals surface area contributed by atoms with Gasteiger partial charge in [-0.05, 0) is 47.4 Å². The minimum atomic E-state index is 0.139. The van der Waals surface area contributed by atoms with Crippen molar-refractivity contribution >= 4 is 42.9 Å². The highest BCUT2D eigenvalue weighted by Crippen LogP contribution is 2.46. The number of rotatable bonds is 3. The van der Waals surface area contributed by atoms with Crippen molar-refractivity contribution in [1.29, 1.82) is 0 Å². The van der Waals surface area contributed by atoms with Crippen molar-refractivity contribution in [3.63, 3.8) is 0 Å². The van der Waals surface area contributed by atoms with Gasteiger partial charge in [0, 0.05) is 28.2 Å². The lowest BCUT2D eigenvalue weighted by Gasteiger charge is -2.29. The lowest BCUT2D eigenvalue weighted by molar-refractivity contribution is 0.444. The van der Waals surface area contributed by atoms with Gasteiger partial charge >= 0.3 is 0 Å². The van der Waals surface area contributed by atoms with Crippen molar-refractivity contribution in [2.45, 2.75) is 64.2 Å². The number of fused-ring (bicyclic) bond motifs is 3. The monoisotopic (exact) mass is 427 g/mol. The Kier molecular flexibility index (Phi) is 5.30. The van der Waals surface area contributed by atoms with Crippen molar-refractivity contribution in [1.82, 2.24) is 0 Å². The summed E-state index contributed by atoms with van der Waals surface area (Å²) in [6.45, 7) is 6.96. The van der Waals surface area contributed by atoms with Crippen LogP contribution >= 0.6 is 11.3 Å². The van der Waals surface area contributed by atoms with Gasteiger partial charge in [0.1, 0.15) is 0 Å². The van der Waals surface area contributed by atoms with Crippen LogP contribution in [0.25, 0.3) is 20.2 Å². The fourth-order valence-electron chi connectivity index (χ4n) is 5.34. The van der Waals surface area contributed by atoms with Crippen LogP contribution in [0.15, 0.2) is 60.7 Å². The molecule has 1 nitrogen and oxygen atoms in total. The van der Waals surface area contributed by atoms with Crippen LogP contribution in [0.1, 0.15) is 69.9 Å². The molecule has 2 heteroatoms. The summed E-state index contributed by atoms with van der Waals surface area (Å²) < 4.78 is 2.83. The summed E-state index contributed by atoms with van der Waals surface area (Å²) in [4.78, 5) is 2.44. The van der Waals surface area contributed by atoms with E-state index in [0.717, 1.165) is 0 Å². The first kappa shape index (κ1) is 20.6. The molecule has 0 bridgehead atoms. The van der Waals surface area contributed by atoms with E-state index in [4.69, 9.17) is 0 Å². The maximum atomic E-state index is 2.44. The average molecular weight is 428 g/mol. The zero-order valence-corrected chi connectivity index (χ0v) is 20.1. The minimum Gasteiger partial charge on any atom is -0.343 e. The maximum Gasteiger partial charge on any atom is 0.0592 e. The van der Waals surface area contributed by atoms with Crippen LogP contribution < -0.4 is 4.90 Å². The molecule has 1 heterocycles. The molecule has 160 valence electrons. The number of benzene rings is 3. The lowest BCUT2D eigenvalue weighted by atomic mass is 9.83. The second kappa shape index (κ2) is 7.98. The summed E-state index contributed by atoms with van der Waals surface area (Å²) in [7, 11) is 2.26. The number of thiophene rings is 1. The summed E-state index contributed by atoms with van der Waals surface area (Å²) in [6.07, 6.45) is 6.78. The average Bonchev–Trinajstić information content (AvgIpc) is 3.17. The van der Waals surface area contributed by atoms with E-state index in [1.165, 1.54) is 74.8 Å². The first-order valence-corrected chi connectivity index (χ1v) is 12.5. The normalized spacial score (nSPS) is 15.6. The Labute approximate surface area is 190 Å². The topological polar surface area (TPSA) is 3.24 Å². The first-order chi connectivity index (χ1) is 14.9. The van der Waals surface area contributed by atoms with Gasteiger partial charge in [0.2, 0.25) is 0 Å². The Balaban J connectivity index is 1.66. The SMILES string of the molecule is CN(c1ccccc1C1CCCCC1)c1cccc2c1sc1c(C(C)(C)C)cccc12. The molecule has 0 atom stereocenters. The van der Waals surface area contributed by atoms with Crippen LogP contribution in [0.3, 0.4) is 0 Å². The molecular weight excluding hydrogens is 394 g/mol. The second-order valence-electron chi connectivity index (χ2n) is 10.1. The van der Waals surface area contributed by atoms with E-state index in [0.29, 0.717) is 5.92 Å². The third-order valence-electron chi connectivity index (χ3n) is 7.02. The fourth-order valence-corrected chi connectivity index (χ4v) is 6.92. The third-order valence-corrected chi connectivity index (χ3v) is 8.29. The smallest absolute Gasteiger partial charge is 0.0592 e. The second-order valence-corrected chi connectivity index (χ2v) is 11.2. The zero-order valence-electron chi connectivity index (χ0n) is 19.2. The highest BCUT2D eigenvalue weighted by molar-refractivity contribution is 7.26. The van der Waals surface area contributed by atoms with E-state index in [9.17, 15) is 0 Å². The molecule has 1 aromatic heterocycles. The van der Waals surface area contributed by atoms with Crippen LogP contribution in [0.2, 0.25) is 0 Å². The number of para-hydroxylation sites is 1. The Hall–Kier alpha value is -2.32. The molecule has 0 spiro atoms. The predicted octanol–water partition coefficient (Wildman–Crippen LogP) is 9.17. The molecule has 0 saturated heterocycles. The lowest BCUT2D eigenvalue weighted by Crippen LogP contribution is -2.14. The Morgan fingerprint density at radius 1 is 0.742 bits per heavy atom. The van der Waals surface area contributed by atoms with E-state index in [1.54, 1.807) is 0 Å². The van der Waals surface area contributed by atoms with E-state index < -0.39 is 0 Å². The van der Waals surface area contributed by atoms with Crippen LogP contribution in [-0.4, -0.2) is 7.05 Å². The van der Waals surface area contributed by atoms with Crippen LogP contribution in [0, 0.1) is 0 Å². The molecule has 3 aromatic carbocycles. The highest BCUT2D eigenvalue weighted by Gasteiger charge is 2.23. The fraction of sp³-hybridized carbons (Fsp3) is 0.379. The summed E-state index contributed by atoms with van der Waals surface area (Å²) in [5.41, 5.74) is 5.80. The van der Waals surface area contributed by atoms with Crippen molar-refractivity contribution in [3.05, 3.63) is 71.8 Å². The van der Waals surface area contributed by atoms with Crippen LogP contribution in [-0.2, 0) is 5.41 Å². The Morgan fingerprint density at radius 2 is 1.39 bits per heavy atom. The number of hydrogen-bond donors (Lipinski definition) is 0. The minimum absolute atomic E-state index is 0.139. The number of hydrogen-bond acceptors (Lipinski definition) is 2. The van der Waals surface area contributed by atoms with Crippen LogP contribution in [0.5, 0.6) is 0 Å². The summed E-state index contributed by atoms with van der Waals surface area (Å²) in [5, 5.41) is 2.77. The van der Waals surface area contributed by atoms with Gasteiger partial charge in [-0.2, -0.15) is 0 Å². The molecule has 0 aliphatic heterocycles. The third kappa shape index (κ3) is 3.65. The van der Waals surface area contributed by atoms with Crippen molar-refractivity contribution in [2.75, 3.05) is 11.9 Å². The van der Waals surface area contributed by atoms with Crippen LogP contribution in [0.4, 0.5) is 11.4 Å². The molecule has 31 heavy (non-hydrogen) atoms. The predicted molar refractivity (Wildman–Crippen MR) is 138 cm³/mol. The van der Waals surface area contributed by atoms with Crippen molar-refractivity contribution < 1.29 is 0 Å². The molecule has 1 saturated carbocycles. The maximum absolute atomic E-state index is 2.44. The zero-order chi connectivity index (χ0) is 21.6. The van der Waals surface area contributed by atoms with E-state index in [1.807, 2.05) is 11.3 Å². The number of nitrogens with zero attached hydrogens (tertiary/aromatic N) is 1. The van der Waals surface area contributed by atoms with Gasteiger partial charge in [-0.15, -0.1) is 11.3 Å². The molecular formula is C29H33NS. The molecule has 4 aromatic rings. The molecule has 1 fully saturated rings. The molecule has 0 amide bonds. The van der Waals surface area contributed by atoms with E-state index in [-0.39, 0.29) is 5.41 Å². The number of anilines is 2. The van der Waals surface area contributed by atoms with Crippen molar-refractivity contribution in [3.8, 4) is 0 Å². The van der Waals surface area contributed by atoms with Crippen molar-refractivity contribution in [2.24, 2.45) is 0 Å². The Morgan fingerprint density at radius 3 is 2.13 bits per heavy atom. The van der Waals surface area contributed by atoms with E-state index in [2.05, 4.69) is 93.4 Å². The van der Waals surface area contributed by atoms with Gasteiger partial charge in [0.05, 0.1) is 10.4 Å². The molecule has 1 aliphatic carbocycles. The first-order valence-electron chi connectivity index (χ1n) is 11.7. The molecule has 5 rings (SSSR count). The van der Waals surface area contributed by atoms with E-state index >= 15 is 0 Å². The molecule has 1 aliphatic rings. The van der Waals surface area contributed by atoms with Gasteiger partial charge in [-0.1, -0.05) is 88.6 Å². The largest absolute Gasteiger partial charge is 0.343 e. The quantitative estimate of drug-likeness (QED) is 0.315. The standard InChI is InChI=1S/C29H33NS/c1-29(2,3)24-17-10-15-22-23-16-11-19-26(28(23)31-27(22)24)30(4)25-18-9-8-14-21(25)20-12-6-5-7-13-20/h8-11,14-20H,5-7,12-13H2,1-4H3. The summed E-state index contributed by atoms with van der Waals surface area (Å²) in [6, 6.07) is 22.7. The van der Waals surface area contributed by atoms with Gasteiger partial charge in [0.15, 0.2) is 0 Å². The van der Waals surface area contributed by atoms with Gasteiger partial charge in [-0.3, -0.25) is 0 Å². The molecule has 0 radical (unpaired) electrons. The van der Waals surface area contributed by atoms with Gasteiger partial charge in [0.25, 0.3) is 0 Å².